The molecule has 0 heterocycles. The molecule has 1 amide bonds. The summed E-state index contributed by atoms with van der Waals surface area (Å²) in [5, 5.41) is 13.9. The third-order valence-electron chi connectivity index (χ3n) is 3.67. The highest BCUT2D eigenvalue weighted by molar-refractivity contribution is 6.34. The number of carbonyl (C=O) groups excluding carboxylic acids is 2. The molecule has 1 N–H and O–H groups in total. The van der Waals surface area contributed by atoms with Gasteiger partial charge in [-0.05, 0) is 44.0 Å². The zero-order chi connectivity index (χ0) is 19.4. The molecule has 0 bridgehead atoms. The van der Waals surface area contributed by atoms with E-state index in [0.717, 1.165) is 17.2 Å². The van der Waals surface area contributed by atoms with Gasteiger partial charge in [-0.3, -0.25) is 14.9 Å². The zero-order valence-corrected chi connectivity index (χ0v) is 15.2. The number of nitro benzene ring substituents is 1. The fraction of sp³-hybridized carbons (Fsp3) is 0.222. The summed E-state index contributed by atoms with van der Waals surface area (Å²) < 4.78 is 4.92. The normalized spacial score (nSPS) is 10.3. The molecule has 136 valence electrons. The average molecular weight is 377 g/mol. The highest BCUT2D eigenvalue weighted by atomic mass is 35.5. The van der Waals surface area contributed by atoms with Gasteiger partial charge in [0.1, 0.15) is 0 Å². The number of hydrogen-bond donors (Lipinski definition) is 1. The van der Waals surface area contributed by atoms with Gasteiger partial charge in [0.2, 0.25) is 0 Å². The third-order valence-corrected chi connectivity index (χ3v) is 3.97. The van der Waals surface area contributed by atoms with Crippen molar-refractivity contribution in [3.8, 4) is 0 Å². The largest absolute Gasteiger partial charge is 0.452 e. The maximum Gasteiger partial charge on any atom is 0.338 e. The van der Waals surface area contributed by atoms with Crippen molar-refractivity contribution in [1.29, 1.82) is 0 Å². The predicted molar refractivity (Wildman–Crippen MR) is 97.7 cm³/mol. The summed E-state index contributed by atoms with van der Waals surface area (Å²) in [5.41, 5.74) is 2.42. The molecule has 7 nitrogen and oxygen atoms in total. The lowest BCUT2D eigenvalue weighted by atomic mass is 10.1. The topological polar surface area (TPSA) is 98.5 Å². The van der Waals surface area contributed by atoms with Crippen molar-refractivity contribution in [3.63, 3.8) is 0 Å². The molecule has 26 heavy (non-hydrogen) atoms. The molecule has 2 rings (SSSR count). The summed E-state index contributed by atoms with van der Waals surface area (Å²) in [4.78, 5) is 34.4. The predicted octanol–water partition coefficient (Wildman–Crippen LogP) is 3.97. The molecule has 2 aromatic rings. The molecule has 0 saturated heterocycles. The molecule has 8 heteroatoms. The van der Waals surface area contributed by atoms with E-state index in [4.69, 9.17) is 16.3 Å². The average Bonchev–Trinajstić information content (AvgIpc) is 2.56. The maximum absolute atomic E-state index is 12.0. The molecule has 0 saturated carbocycles. The van der Waals surface area contributed by atoms with Crippen LogP contribution in [0.15, 0.2) is 30.3 Å². The summed E-state index contributed by atoms with van der Waals surface area (Å²) >= 11 is 6.11. The Balaban J connectivity index is 2.03. The van der Waals surface area contributed by atoms with Crippen molar-refractivity contribution in [2.45, 2.75) is 20.8 Å². The van der Waals surface area contributed by atoms with E-state index in [2.05, 4.69) is 5.32 Å². The van der Waals surface area contributed by atoms with Gasteiger partial charge in [-0.25, -0.2) is 4.79 Å². The monoisotopic (exact) mass is 376 g/mol. The molecule has 2 aromatic carbocycles. The highest BCUT2D eigenvalue weighted by Gasteiger charge is 2.17. The first kappa shape index (κ1) is 19.4. The van der Waals surface area contributed by atoms with Crippen LogP contribution in [0.5, 0.6) is 0 Å². The molecular formula is C18H17ClN2O5. The Kier molecular flexibility index (Phi) is 5.94. The van der Waals surface area contributed by atoms with Gasteiger partial charge >= 0.3 is 5.97 Å². The first-order valence-corrected chi connectivity index (χ1v) is 8.05. The van der Waals surface area contributed by atoms with Crippen molar-refractivity contribution in [2.75, 3.05) is 11.9 Å². The van der Waals surface area contributed by atoms with Crippen molar-refractivity contribution < 1.29 is 19.2 Å². The van der Waals surface area contributed by atoms with Gasteiger partial charge in [0.05, 0.1) is 21.2 Å². The molecule has 0 unspecified atom stereocenters. The number of benzene rings is 2. The van der Waals surface area contributed by atoms with Crippen LogP contribution in [0.25, 0.3) is 0 Å². The fourth-order valence-corrected chi connectivity index (χ4v) is 2.77. The first-order valence-electron chi connectivity index (χ1n) is 7.68. The number of hydrogen-bond acceptors (Lipinski definition) is 5. The SMILES string of the molecule is Cc1cc(C)c(NC(=O)COC(=O)c2ccc(C)c([N+](=O)[O-])c2)c(Cl)c1. The van der Waals surface area contributed by atoms with Gasteiger partial charge in [0, 0.05) is 11.6 Å². The van der Waals surface area contributed by atoms with Gasteiger partial charge in [0.25, 0.3) is 11.6 Å². The van der Waals surface area contributed by atoms with E-state index < -0.39 is 23.4 Å². The number of rotatable bonds is 5. The van der Waals surface area contributed by atoms with Gasteiger partial charge in [-0.1, -0.05) is 23.7 Å². The minimum Gasteiger partial charge on any atom is -0.452 e. The van der Waals surface area contributed by atoms with E-state index in [-0.39, 0.29) is 11.3 Å². The molecule has 0 spiro atoms. The second kappa shape index (κ2) is 7.97. The number of nitro groups is 1. The van der Waals surface area contributed by atoms with Crippen LogP contribution in [-0.2, 0) is 9.53 Å². The van der Waals surface area contributed by atoms with Crippen molar-refractivity contribution >= 4 is 34.9 Å². The molecule has 0 radical (unpaired) electrons. The molecule has 0 atom stereocenters. The van der Waals surface area contributed by atoms with Crippen LogP contribution >= 0.6 is 11.6 Å². The smallest absolute Gasteiger partial charge is 0.338 e. The number of carbonyl (C=O) groups is 2. The lowest BCUT2D eigenvalue weighted by Crippen LogP contribution is -2.21. The lowest BCUT2D eigenvalue weighted by molar-refractivity contribution is -0.385. The Hall–Kier alpha value is -2.93. The van der Waals surface area contributed by atoms with E-state index in [1.165, 1.54) is 12.1 Å². The quantitative estimate of drug-likeness (QED) is 0.483. The maximum atomic E-state index is 12.0. The number of esters is 1. The molecule has 0 aromatic heterocycles. The number of halogens is 1. The van der Waals surface area contributed by atoms with E-state index in [1.54, 1.807) is 19.9 Å². The van der Waals surface area contributed by atoms with Gasteiger partial charge in [-0.2, -0.15) is 0 Å². The minimum absolute atomic E-state index is 0.000325. The second-order valence-electron chi connectivity index (χ2n) is 5.82. The Morgan fingerprint density at radius 3 is 2.46 bits per heavy atom. The van der Waals surface area contributed by atoms with Crippen LogP contribution in [-0.4, -0.2) is 23.4 Å². The van der Waals surface area contributed by atoms with Crippen LogP contribution < -0.4 is 5.32 Å². The van der Waals surface area contributed by atoms with Crippen molar-refractivity contribution in [2.24, 2.45) is 0 Å². The fourth-order valence-electron chi connectivity index (χ4n) is 2.40. The second-order valence-corrected chi connectivity index (χ2v) is 6.23. The van der Waals surface area contributed by atoms with E-state index in [1.807, 2.05) is 13.0 Å². The number of aryl methyl sites for hydroxylation is 3. The zero-order valence-electron chi connectivity index (χ0n) is 14.5. The summed E-state index contributed by atoms with van der Waals surface area (Å²) in [5.74, 6) is -1.39. The number of ether oxygens (including phenoxy) is 1. The van der Waals surface area contributed by atoms with Crippen molar-refractivity contribution in [3.05, 3.63) is 67.7 Å². The van der Waals surface area contributed by atoms with E-state index >= 15 is 0 Å². The van der Waals surface area contributed by atoms with Crippen LogP contribution in [0.2, 0.25) is 5.02 Å². The number of nitrogens with zero attached hydrogens (tertiary/aromatic N) is 1. The van der Waals surface area contributed by atoms with Crippen molar-refractivity contribution in [1.82, 2.24) is 0 Å². The first-order chi connectivity index (χ1) is 12.2. The van der Waals surface area contributed by atoms with Gasteiger partial charge < -0.3 is 10.1 Å². The highest BCUT2D eigenvalue weighted by Crippen LogP contribution is 2.27. The van der Waals surface area contributed by atoms with E-state index in [0.29, 0.717) is 16.3 Å². The summed E-state index contributed by atoms with van der Waals surface area (Å²) in [6, 6.07) is 7.55. The van der Waals surface area contributed by atoms with Crippen LogP contribution in [0.4, 0.5) is 11.4 Å². The number of anilines is 1. The Morgan fingerprint density at radius 2 is 1.85 bits per heavy atom. The third kappa shape index (κ3) is 4.58. The van der Waals surface area contributed by atoms with E-state index in [9.17, 15) is 19.7 Å². The number of nitrogens with one attached hydrogen (secondary N) is 1. The Bertz CT molecular complexity index is 872. The summed E-state index contributed by atoms with van der Waals surface area (Å²) in [6.07, 6.45) is 0. The lowest BCUT2D eigenvalue weighted by Gasteiger charge is -2.12. The van der Waals surface area contributed by atoms with Gasteiger partial charge in [0.15, 0.2) is 6.61 Å². The van der Waals surface area contributed by atoms with Crippen LogP contribution in [0.1, 0.15) is 27.0 Å². The number of amides is 1. The Morgan fingerprint density at radius 1 is 1.15 bits per heavy atom. The minimum atomic E-state index is -0.824. The standard InChI is InChI=1S/C18H17ClN2O5/c1-10-6-12(3)17(14(19)7-10)20-16(22)9-26-18(23)13-5-4-11(2)15(8-13)21(24)25/h4-8H,9H2,1-3H3,(H,20,22). The van der Waals surface area contributed by atoms with Gasteiger partial charge in [-0.15, -0.1) is 0 Å². The molecular weight excluding hydrogens is 360 g/mol. The van der Waals surface area contributed by atoms with Crippen LogP contribution in [0, 0.1) is 30.9 Å². The Labute approximate surface area is 155 Å². The molecule has 0 aliphatic heterocycles. The molecule has 0 fully saturated rings. The summed E-state index contributed by atoms with van der Waals surface area (Å²) in [6.45, 7) is 4.71. The van der Waals surface area contributed by atoms with Crippen LogP contribution in [0.3, 0.4) is 0 Å². The molecule has 0 aliphatic carbocycles. The molecule has 0 aliphatic rings. The summed E-state index contributed by atoms with van der Waals surface area (Å²) in [7, 11) is 0.